The molecular formula is C15H14O2S. The molecule has 0 aliphatic heterocycles. The van der Waals surface area contributed by atoms with Crippen molar-refractivity contribution in [3.05, 3.63) is 39.3 Å². The smallest absolute Gasteiger partial charge is 0.191 e. The van der Waals surface area contributed by atoms with Crippen LogP contribution in [0.4, 0.5) is 0 Å². The van der Waals surface area contributed by atoms with E-state index in [0.29, 0.717) is 4.71 Å². The first-order valence-electron chi connectivity index (χ1n) is 5.93. The second-order valence-electron chi connectivity index (χ2n) is 4.79. The molecule has 0 aliphatic carbocycles. The Kier molecular flexibility index (Phi) is 2.35. The van der Waals surface area contributed by atoms with Crippen LogP contribution in [-0.2, 0) is 0 Å². The second-order valence-corrected chi connectivity index (χ2v) is 5.19. The number of hydrogen-bond donors (Lipinski definition) is 0. The molecule has 18 heavy (non-hydrogen) atoms. The van der Waals surface area contributed by atoms with E-state index in [1.807, 2.05) is 19.9 Å². The molecule has 1 aromatic carbocycles. The number of fused-ring (bicyclic) bond motifs is 2. The fraction of sp³-hybridized carbons (Fsp3) is 0.267. The molecule has 2 aromatic heterocycles. The maximum atomic E-state index is 5.82. The van der Waals surface area contributed by atoms with Gasteiger partial charge in [-0.25, -0.2) is 0 Å². The van der Waals surface area contributed by atoms with Gasteiger partial charge >= 0.3 is 0 Å². The molecule has 0 aliphatic rings. The van der Waals surface area contributed by atoms with Gasteiger partial charge in [0, 0.05) is 16.3 Å². The summed E-state index contributed by atoms with van der Waals surface area (Å²) in [7, 11) is 0. The van der Waals surface area contributed by atoms with Crippen LogP contribution in [0.1, 0.15) is 22.5 Å². The Balaban J connectivity index is 2.64. The number of hydrogen-bond acceptors (Lipinski definition) is 3. The molecule has 0 bridgehead atoms. The van der Waals surface area contributed by atoms with Crippen LogP contribution in [0.3, 0.4) is 0 Å². The fourth-order valence-corrected chi connectivity index (χ4v) is 2.68. The third kappa shape index (κ3) is 1.44. The van der Waals surface area contributed by atoms with Gasteiger partial charge in [0.25, 0.3) is 0 Å². The van der Waals surface area contributed by atoms with E-state index in [1.165, 1.54) is 5.56 Å². The molecule has 0 saturated heterocycles. The zero-order chi connectivity index (χ0) is 13.0. The van der Waals surface area contributed by atoms with Gasteiger partial charge in [0.15, 0.2) is 4.71 Å². The van der Waals surface area contributed by atoms with E-state index in [9.17, 15) is 0 Å². The maximum absolute atomic E-state index is 5.82. The summed E-state index contributed by atoms with van der Waals surface area (Å²) in [5, 5.41) is 2.27. The van der Waals surface area contributed by atoms with Gasteiger partial charge in [-0.15, -0.1) is 0 Å². The minimum Gasteiger partial charge on any atom is -0.461 e. The molecule has 0 saturated carbocycles. The highest BCUT2D eigenvalue weighted by Gasteiger charge is 2.14. The van der Waals surface area contributed by atoms with Gasteiger partial charge in [-0.1, -0.05) is 0 Å². The lowest BCUT2D eigenvalue weighted by molar-refractivity contribution is 0.564. The van der Waals surface area contributed by atoms with Crippen molar-refractivity contribution in [3.8, 4) is 0 Å². The largest absolute Gasteiger partial charge is 0.461 e. The van der Waals surface area contributed by atoms with Crippen molar-refractivity contribution in [1.82, 2.24) is 0 Å². The van der Waals surface area contributed by atoms with Crippen LogP contribution in [0, 0.1) is 32.4 Å². The fourth-order valence-electron chi connectivity index (χ4n) is 2.42. The first-order valence-corrected chi connectivity index (χ1v) is 6.33. The van der Waals surface area contributed by atoms with Crippen LogP contribution in [0.25, 0.3) is 21.9 Å². The Labute approximate surface area is 110 Å². The Morgan fingerprint density at radius 1 is 0.833 bits per heavy atom. The first-order chi connectivity index (χ1) is 8.49. The average molecular weight is 258 g/mol. The van der Waals surface area contributed by atoms with Gasteiger partial charge in [0.2, 0.25) is 0 Å². The zero-order valence-corrected chi connectivity index (χ0v) is 11.7. The lowest BCUT2D eigenvalue weighted by Gasteiger charge is -2.05. The Morgan fingerprint density at radius 2 is 1.50 bits per heavy atom. The predicted molar refractivity (Wildman–Crippen MR) is 75.8 cm³/mol. The second kappa shape index (κ2) is 3.69. The molecule has 3 heteroatoms. The van der Waals surface area contributed by atoms with Crippen LogP contribution < -0.4 is 0 Å². The summed E-state index contributed by atoms with van der Waals surface area (Å²) in [4.78, 5) is 0. The summed E-state index contributed by atoms with van der Waals surface area (Å²) in [5.74, 6) is 0.958. The van der Waals surface area contributed by atoms with Gasteiger partial charge in [0.05, 0.1) is 0 Å². The van der Waals surface area contributed by atoms with Crippen LogP contribution in [0.2, 0.25) is 0 Å². The summed E-state index contributed by atoms with van der Waals surface area (Å²) in [6.45, 7) is 8.15. The van der Waals surface area contributed by atoms with Gasteiger partial charge in [-0.3, -0.25) is 0 Å². The van der Waals surface area contributed by atoms with Gasteiger partial charge in [0.1, 0.15) is 16.9 Å². The Hall–Kier alpha value is -1.61. The molecule has 2 nitrogen and oxygen atoms in total. The molecule has 0 amide bonds. The van der Waals surface area contributed by atoms with Gasteiger partial charge in [-0.2, -0.15) is 0 Å². The third-order valence-corrected chi connectivity index (χ3v) is 3.81. The molecule has 2 heterocycles. The average Bonchev–Trinajstić information content (AvgIpc) is 2.59. The quantitative estimate of drug-likeness (QED) is 0.522. The first kappa shape index (κ1) is 11.5. The summed E-state index contributed by atoms with van der Waals surface area (Å²) >= 11 is 5.14. The number of furan rings is 1. The summed E-state index contributed by atoms with van der Waals surface area (Å²) in [6, 6.07) is 4.03. The van der Waals surface area contributed by atoms with E-state index in [1.54, 1.807) is 0 Å². The van der Waals surface area contributed by atoms with Crippen LogP contribution in [0.15, 0.2) is 21.0 Å². The predicted octanol–water partition coefficient (Wildman–Crippen LogP) is 5.14. The number of benzene rings is 1. The molecule has 0 N–H and O–H groups in total. The van der Waals surface area contributed by atoms with Crippen LogP contribution in [0.5, 0.6) is 0 Å². The summed E-state index contributed by atoms with van der Waals surface area (Å²) < 4.78 is 12.0. The highest BCUT2D eigenvalue weighted by molar-refractivity contribution is 7.71. The molecule has 0 unspecified atom stereocenters. The van der Waals surface area contributed by atoms with Crippen molar-refractivity contribution < 1.29 is 8.83 Å². The van der Waals surface area contributed by atoms with E-state index in [4.69, 9.17) is 21.1 Å². The molecule has 0 spiro atoms. The highest BCUT2D eigenvalue weighted by Crippen LogP contribution is 2.34. The van der Waals surface area contributed by atoms with E-state index in [0.717, 1.165) is 38.8 Å². The van der Waals surface area contributed by atoms with E-state index < -0.39 is 0 Å². The normalized spacial score (nSPS) is 11.6. The SMILES string of the molecule is Cc1oc2c(C)c3oc(=S)cc(C)c3cc2c1C. The molecular weight excluding hydrogens is 244 g/mol. The van der Waals surface area contributed by atoms with Crippen molar-refractivity contribution >= 4 is 34.2 Å². The standard InChI is InChI=1S/C15H14O2S/c1-7-5-13(18)17-14-9(3)15-12(6-11(7)14)8(2)10(4)16-15/h5-6H,1-4H3. The lowest BCUT2D eigenvalue weighted by Crippen LogP contribution is -1.84. The topological polar surface area (TPSA) is 26.3 Å². The minimum atomic E-state index is 0.516. The molecule has 0 fully saturated rings. The number of rotatable bonds is 0. The van der Waals surface area contributed by atoms with Crippen molar-refractivity contribution in [2.24, 2.45) is 0 Å². The van der Waals surface area contributed by atoms with Crippen molar-refractivity contribution in [2.75, 3.05) is 0 Å². The van der Waals surface area contributed by atoms with Gasteiger partial charge < -0.3 is 8.83 Å². The summed E-state index contributed by atoms with van der Waals surface area (Å²) in [5.41, 5.74) is 5.09. The van der Waals surface area contributed by atoms with E-state index in [-0.39, 0.29) is 0 Å². The van der Waals surface area contributed by atoms with Crippen LogP contribution in [-0.4, -0.2) is 0 Å². The molecule has 0 atom stereocenters. The van der Waals surface area contributed by atoms with E-state index in [2.05, 4.69) is 19.9 Å². The maximum Gasteiger partial charge on any atom is 0.191 e. The molecule has 0 radical (unpaired) electrons. The molecule has 92 valence electrons. The van der Waals surface area contributed by atoms with Crippen molar-refractivity contribution in [1.29, 1.82) is 0 Å². The third-order valence-electron chi connectivity index (χ3n) is 3.61. The Bertz CT molecular complexity index is 837. The monoisotopic (exact) mass is 258 g/mol. The highest BCUT2D eigenvalue weighted by atomic mass is 32.1. The zero-order valence-electron chi connectivity index (χ0n) is 10.9. The minimum absolute atomic E-state index is 0.516. The van der Waals surface area contributed by atoms with Crippen molar-refractivity contribution in [2.45, 2.75) is 27.7 Å². The van der Waals surface area contributed by atoms with Gasteiger partial charge in [-0.05, 0) is 63.2 Å². The molecule has 3 rings (SSSR count). The van der Waals surface area contributed by atoms with E-state index >= 15 is 0 Å². The van der Waals surface area contributed by atoms with Crippen molar-refractivity contribution in [3.63, 3.8) is 0 Å². The summed E-state index contributed by atoms with van der Waals surface area (Å²) in [6.07, 6.45) is 0. The number of aryl methyl sites for hydroxylation is 4. The lowest BCUT2D eigenvalue weighted by atomic mass is 10.0. The van der Waals surface area contributed by atoms with Crippen LogP contribution >= 0.6 is 12.2 Å². The Morgan fingerprint density at radius 3 is 2.22 bits per heavy atom. The molecule has 3 aromatic rings.